The Hall–Kier alpha value is -8.13. The van der Waals surface area contributed by atoms with E-state index in [0.29, 0.717) is 66.8 Å². The van der Waals surface area contributed by atoms with Gasteiger partial charge >= 0.3 is 0 Å². The number of nitrogens with one attached hydrogen (secondary N) is 4. The molecule has 1 saturated heterocycles. The number of fused-ring (bicyclic) bond motifs is 2. The van der Waals surface area contributed by atoms with Crippen molar-refractivity contribution in [2.45, 2.75) is 143 Å². The summed E-state index contributed by atoms with van der Waals surface area (Å²) in [7, 11) is 0. The van der Waals surface area contributed by atoms with Gasteiger partial charge in [0.05, 0.1) is 51.2 Å². The number of hydrogen-bond acceptors (Lipinski definition) is 13. The first-order valence-electron chi connectivity index (χ1n) is 30.0. The summed E-state index contributed by atoms with van der Waals surface area (Å²) in [5.74, 6) is -0.803. The lowest BCUT2D eigenvalue weighted by atomic mass is 9.85. The SMILES string of the molecule is Cc1ncsc1-c1ccc(C(C)NC(=O)[C@@H]2C[C@@H](O)CN2C(=O)C(NC(=O)CCCCCCCCCNC(=O)c2nc(N3CCc4cccc(C(=O)Nc5nc6ccccc6s5)c4C3)ccc2-c2cnn(Cc3ccccc3)c2C)C(C)(C)C)cc1. The summed E-state index contributed by atoms with van der Waals surface area (Å²) >= 11 is 3.02. The number of hydrogen-bond donors (Lipinski definition) is 5. The van der Waals surface area contributed by atoms with Crippen LogP contribution in [0, 0.1) is 19.3 Å². The zero-order valence-corrected chi connectivity index (χ0v) is 51.5. The third-order valence-corrected chi connectivity index (χ3v) is 18.4. The fraction of sp³-hybridized carbons (Fsp3) is 0.388. The van der Waals surface area contributed by atoms with Crippen LogP contribution in [0.25, 0.3) is 31.8 Å². The topological polar surface area (TPSA) is 217 Å². The van der Waals surface area contributed by atoms with Crippen molar-refractivity contribution in [3.63, 3.8) is 0 Å². The predicted octanol–water partition coefficient (Wildman–Crippen LogP) is 11.4. The molecule has 4 aromatic heterocycles. The van der Waals surface area contributed by atoms with Crippen LogP contribution < -0.4 is 26.2 Å². The van der Waals surface area contributed by atoms with Gasteiger partial charge in [0.2, 0.25) is 17.7 Å². The summed E-state index contributed by atoms with van der Waals surface area (Å²) in [6, 6.07) is 33.6. The number of carbonyl (C=O) groups is 5. The van der Waals surface area contributed by atoms with E-state index in [4.69, 9.17) is 10.1 Å². The van der Waals surface area contributed by atoms with Gasteiger partial charge in [-0.1, -0.05) is 143 Å². The number of unbranched alkanes of at least 4 members (excludes halogenated alkanes) is 6. The quantitative estimate of drug-likeness (QED) is 0.0380. The highest BCUT2D eigenvalue weighted by molar-refractivity contribution is 7.22. The molecule has 0 radical (unpaired) electrons. The van der Waals surface area contributed by atoms with Crippen LogP contribution in [-0.4, -0.2) is 102 Å². The summed E-state index contributed by atoms with van der Waals surface area (Å²) in [5.41, 5.74) is 11.4. The van der Waals surface area contributed by atoms with Crippen molar-refractivity contribution in [3.8, 4) is 21.6 Å². The number of para-hydroxylation sites is 1. The molecule has 2 aliphatic rings. The lowest BCUT2D eigenvalue weighted by Crippen LogP contribution is -2.57. The largest absolute Gasteiger partial charge is 0.391 e. The van der Waals surface area contributed by atoms with Gasteiger partial charge in [-0.2, -0.15) is 5.10 Å². The molecule has 86 heavy (non-hydrogen) atoms. The highest BCUT2D eigenvalue weighted by Gasteiger charge is 2.45. The molecular weight excluding hydrogens is 1120 g/mol. The fourth-order valence-corrected chi connectivity index (χ4v) is 13.2. The molecule has 448 valence electrons. The van der Waals surface area contributed by atoms with Gasteiger partial charge in [0.25, 0.3) is 11.8 Å². The van der Waals surface area contributed by atoms with Crippen LogP contribution >= 0.6 is 22.7 Å². The Morgan fingerprint density at radius 3 is 2.28 bits per heavy atom. The minimum atomic E-state index is -0.893. The number of β-amino-alcohol motifs (C(OH)–C–C–N with tert-alkyl or cyclic N) is 1. The maximum Gasteiger partial charge on any atom is 0.270 e. The number of amides is 5. The molecule has 19 heteroatoms. The van der Waals surface area contributed by atoms with Crippen LogP contribution in [0.1, 0.15) is 146 Å². The number of aryl methyl sites for hydroxylation is 1. The van der Waals surface area contributed by atoms with Gasteiger partial charge in [-0.25, -0.2) is 15.0 Å². The van der Waals surface area contributed by atoms with E-state index in [1.54, 1.807) is 11.3 Å². The molecule has 8 aromatic rings. The molecule has 0 aliphatic carbocycles. The number of pyridine rings is 1. The van der Waals surface area contributed by atoms with Gasteiger partial charge < -0.3 is 30.9 Å². The van der Waals surface area contributed by atoms with Gasteiger partial charge in [0.15, 0.2) is 5.13 Å². The number of likely N-dealkylation sites (tertiary alicyclic amines) is 1. The number of benzene rings is 4. The normalized spacial score (nSPS) is 15.7. The van der Waals surface area contributed by atoms with E-state index in [2.05, 4.69) is 54.3 Å². The number of carbonyl (C=O) groups excluding carboxylic acids is 5. The molecule has 4 aromatic carbocycles. The molecule has 0 bridgehead atoms. The van der Waals surface area contributed by atoms with Crippen LogP contribution in [0.4, 0.5) is 10.9 Å². The van der Waals surface area contributed by atoms with Crippen molar-refractivity contribution in [2.24, 2.45) is 5.41 Å². The zero-order chi connectivity index (χ0) is 60.5. The van der Waals surface area contributed by atoms with Crippen LogP contribution in [-0.2, 0) is 33.9 Å². The van der Waals surface area contributed by atoms with E-state index < -0.39 is 23.6 Å². The van der Waals surface area contributed by atoms with Gasteiger partial charge in [-0.05, 0) is 104 Å². The van der Waals surface area contributed by atoms with E-state index in [1.165, 1.54) is 16.2 Å². The summed E-state index contributed by atoms with van der Waals surface area (Å²) in [4.78, 5) is 88.5. The summed E-state index contributed by atoms with van der Waals surface area (Å²) in [6.45, 7) is 13.7. The van der Waals surface area contributed by atoms with E-state index >= 15 is 0 Å². The van der Waals surface area contributed by atoms with Crippen molar-refractivity contribution >= 4 is 73.4 Å². The second-order valence-corrected chi connectivity index (χ2v) is 25.7. The summed E-state index contributed by atoms with van der Waals surface area (Å²) < 4.78 is 2.94. The Morgan fingerprint density at radius 2 is 1.53 bits per heavy atom. The molecule has 0 spiro atoms. The molecule has 5 N–H and O–H groups in total. The smallest absolute Gasteiger partial charge is 0.270 e. The van der Waals surface area contributed by atoms with Crippen LogP contribution in [0.15, 0.2) is 121 Å². The minimum absolute atomic E-state index is 0.00622. The van der Waals surface area contributed by atoms with Gasteiger partial charge in [0, 0.05) is 61.4 Å². The highest BCUT2D eigenvalue weighted by Crippen LogP contribution is 2.34. The summed E-state index contributed by atoms with van der Waals surface area (Å²) in [6.07, 6.45) is 8.09. The molecule has 2 unspecified atom stereocenters. The van der Waals surface area contributed by atoms with Gasteiger partial charge in [0.1, 0.15) is 23.6 Å². The number of thiazole rings is 2. The standard InChI is InChI=1S/C67H77N11O6S2/c1-42(46-27-29-48(30-28-46)60-43(2)69-41-85-60)71-63(82)55-36-49(79)39-77(55)65(84)61(67(4,5)6)74-58(80)26-15-10-8-7-9-11-18-34-68-64(83)59-50(52-37-70-78(44(52)3)38-45-20-13-12-14-21-45)31-32-57(73-59)76-35-33-47-22-19-23-51(53(47)40-76)62(81)75-66-72-54-24-16-17-25-56(54)86-66/h12-14,16-17,19-25,27-32,37,41-42,49,55,61,79H,7-11,15,18,26,33-36,38-40H2,1-6H3,(H,68,83)(H,71,82)(H,74,80)(H,72,75,81)/t42?,49-,55+,61?/m1/s1. The number of rotatable bonds is 23. The van der Waals surface area contributed by atoms with E-state index in [0.717, 1.165) is 98.4 Å². The Bertz CT molecular complexity index is 3670. The zero-order valence-electron chi connectivity index (χ0n) is 49.9. The number of aliphatic hydroxyl groups excluding tert-OH is 1. The van der Waals surface area contributed by atoms with Crippen molar-refractivity contribution in [1.82, 2.24) is 45.6 Å². The maximum absolute atomic E-state index is 14.4. The Kier molecular flexibility index (Phi) is 19.5. The maximum atomic E-state index is 14.4. The molecule has 5 amide bonds. The van der Waals surface area contributed by atoms with Crippen molar-refractivity contribution in [2.75, 3.05) is 29.9 Å². The molecule has 0 saturated carbocycles. The van der Waals surface area contributed by atoms with Crippen LogP contribution in [0.3, 0.4) is 0 Å². The molecule has 2 aliphatic heterocycles. The van der Waals surface area contributed by atoms with Crippen LogP contribution in [0.2, 0.25) is 0 Å². The molecule has 10 rings (SSSR count). The summed E-state index contributed by atoms with van der Waals surface area (Å²) in [5, 5.41) is 28.3. The lowest BCUT2D eigenvalue weighted by Gasteiger charge is -2.35. The van der Waals surface area contributed by atoms with Gasteiger partial charge in [-0.3, -0.25) is 34.0 Å². The molecule has 17 nitrogen and oxygen atoms in total. The number of anilines is 2. The number of nitrogens with zero attached hydrogens (tertiary/aromatic N) is 7. The Morgan fingerprint density at radius 1 is 0.791 bits per heavy atom. The van der Waals surface area contributed by atoms with Crippen molar-refractivity contribution < 1.29 is 29.1 Å². The van der Waals surface area contributed by atoms with Crippen LogP contribution in [0.5, 0.6) is 0 Å². The fourth-order valence-electron chi connectivity index (χ4n) is 11.6. The monoisotopic (exact) mass is 1200 g/mol. The lowest BCUT2D eigenvalue weighted by molar-refractivity contribution is -0.144. The van der Waals surface area contributed by atoms with Gasteiger partial charge in [-0.15, -0.1) is 11.3 Å². The molecule has 6 heterocycles. The minimum Gasteiger partial charge on any atom is -0.391 e. The number of aliphatic hydroxyl groups is 1. The molecular formula is C67H77N11O6S2. The first kappa shape index (κ1) is 61.0. The van der Waals surface area contributed by atoms with E-state index in [-0.39, 0.29) is 55.0 Å². The average Bonchev–Trinajstić information content (AvgIpc) is 2.28. The van der Waals surface area contributed by atoms with Crippen molar-refractivity contribution in [3.05, 3.63) is 166 Å². The molecule has 4 atom stereocenters. The van der Waals surface area contributed by atoms with Crippen molar-refractivity contribution in [1.29, 1.82) is 0 Å². The second-order valence-electron chi connectivity index (χ2n) is 23.8. The predicted molar refractivity (Wildman–Crippen MR) is 340 cm³/mol. The average molecular weight is 1200 g/mol. The third kappa shape index (κ3) is 14.6. The molecule has 1 fully saturated rings. The second kappa shape index (κ2) is 27.5. The first-order chi connectivity index (χ1) is 41.5. The third-order valence-electron chi connectivity index (χ3n) is 16.4. The Balaban J connectivity index is 0.700. The first-order valence-corrected chi connectivity index (χ1v) is 31.7. The van der Waals surface area contributed by atoms with E-state index in [9.17, 15) is 29.1 Å². The van der Waals surface area contributed by atoms with E-state index in [1.807, 2.05) is 149 Å². The number of aromatic nitrogens is 5. The Labute approximate surface area is 511 Å². The highest BCUT2D eigenvalue weighted by atomic mass is 32.1.